The summed E-state index contributed by atoms with van der Waals surface area (Å²) < 4.78 is 0. The van der Waals surface area contributed by atoms with Crippen LogP contribution in [-0.2, 0) is 0 Å². The summed E-state index contributed by atoms with van der Waals surface area (Å²) >= 11 is 0. The van der Waals surface area contributed by atoms with Gasteiger partial charge in [-0.25, -0.2) is 0 Å². The molecule has 0 aromatic carbocycles. The van der Waals surface area contributed by atoms with Crippen LogP contribution in [-0.4, -0.2) is 61.7 Å². The molecule has 21 heavy (non-hydrogen) atoms. The molecule has 2 aliphatic heterocycles. The van der Waals surface area contributed by atoms with Crippen LogP contribution in [0.4, 0.5) is 0 Å². The van der Waals surface area contributed by atoms with Gasteiger partial charge < -0.3 is 5.32 Å². The van der Waals surface area contributed by atoms with Gasteiger partial charge in [-0.15, -0.1) is 0 Å². The van der Waals surface area contributed by atoms with Crippen molar-refractivity contribution in [1.29, 1.82) is 0 Å². The highest BCUT2D eigenvalue weighted by Gasteiger charge is 2.37. The molecule has 1 aliphatic carbocycles. The molecular formula is C18H35N3. The average molecular weight is 293 g/mol. The lowest BCUT2D eigenvalue weighted by atomic mass is 9.84. The molecule has 3 rings (SSSR count). The van der Waals surface area contributed by atoms with Gasteiger partial charge in [-0.1, -0.05) is 26.2 Å². The minimum atomic E-state index is 0.589. The highest BCUT2D eigenvalue weighted by atomic mass is 15.3. The van der Waals surface area contributed by atoms with Gasteiger partial charge in [0.15, 0.2) is 0 Å². The standard InChI is InChI=1S/C18H35N3/c1-2-10-19-15-18(8-4-5-9-18)16-20-12-13-21-11-6-3-7-17(21)14-20/h17,19H,2-16H2,1H3. The van der Waals surface area contributed by atoms with Gasteiger partial charge in [0.25, 0.3) is 0 Å². The average Bonchev–Trinajstić information content (AvgIpc) is 2.96. The van der Waals surface area contributed by atoms with E-state index >= 15 is 0 Å². The Kier molecular flexibility index (Phi) is 5.58. The number of piperidine rings is 1. The van der Waals surface area contributed by atoms with E-state index in [1.165, 1.54) is 97.2 Å². The van der Waals surface area contributed by atoms with Gasteiger partial charge in [0.05, 0.1) is 0 Å². The third kappa shape index (κ3) is 4.00. The van der Waals surface area contributed by atoms with Crippen LogP contribution in [0.15, 0.2) is 0 Å². The van der Waals surface area contributed by atoms with Crippen molar-refractivity contribution in [3.63, 3.8) is 0 Å². The highest BCUT2D eigenvalue weighted by Crippen LogP contribution is 2.39. The van der Waals surface area contributed by atoms with Crippen molar-refractivity contribution in [3.8, 4) is 0 Å². The van der Waals surface area contributed by atoms with E-state index in [0.29, 0.717) is 5.41 Å². The fourth-order valence-corrected chi connectivity index (χ4v) is 4.88. The maximum absolute atomic E-state index is 3.73. The summed E-state index contributed by atoms with van der Waals surface area (Å²) in [7, 11) is 0. The Bertz CT molecular complexity index is 312. The second-order valence-electron chi connectivity index (χ2n) is 7.80. The van der Waals surface area contributed by atoms with Crippen molar-refractivity contribution in [2.24, 2.45) is 5.41 Å². The number of piperazine rings is 1. The second kappa shape index (κ2) is 7.43. The lowest BCUT2D eigenvalue weighted by Gasteiger charge is -2.46. The minimum absolute atomic E-state index is 0.589. The smallest absolute Gasteiger partial charge is 0.0223 e. The molecule has 1 saturated carbocycles. The van der Waals surface area contributed by atoms with Crippen LogP contribution in [0.2, 0.25) is 0 Å². The summed E-state index contributed by atoms with van der Waals surface area (Å²) in [4.78, 5) is 5.57. The van der Waals surface area contributed by atoms with Crippen molar-refractivity contribution >= 4 is 0 Å². The van der Waals surface area contributed by atoms with Crippen LogP contribution in [0.3, 0.4) is 0 Å². The number of hydrogen-bond donors (Lipinski definition) is 1. The number of fused-ring (bicyclic) bond motifs is 1. The van der Waals surface area contributed by atoms with Crippen LogP contribution in [0, 0.1) is 5.41 Å². The zero-order chi connectivity index (χ0) is 14.5. The van der Waals surface area contributed by atoms with Crippen LogP contribution in [0.25, 0.3) is 0 Å². The third-order valence-electron chi connectivity index (χ3n) is 6.07. The first-order valence-electron chi connectivity index (χ1n) is 9.48. The van der Waals surface area contributed by atoms with Crippen molar-refractivity contribution in [1.82, 2.24) is 15.1 Å². The van der Waals surface area contributed by atoms with E-state index in [9.17, 15) is 0 Å². The van der Waals surface area contributed by atoms with Gasteiger partial charge in [0, 0.05) is 38.8 Å². The number of rotatable bonds is 6. The highest BCUT2D eigenvalue weighted by molar-refractivity contribution is 4.93. The molecule has 122 valence electrons. The van der Waals surface area contributed by atoms with E-state index in [2.05, 4.69) is 22.0 Å². The van der Waals surface area contributed by atoms with E-state index < -0.39 is 0 Å². The molecule has 3 heteroatoms. The van der Waals surface area contributed by atoms with E-state index in [1.807, 2.05) is 0 Å². The van der Waals surface area contributed by atoms with Gasteiger partial charge in [-0.2, -0.15) is 0 Å². The molecule has 3 aliphatic rings. The quantitative estimate of drug-likeness (QED) is 0.760. The zero-order valence-electron chi connectivity index (χ0n) is 14.1. The fourth-order valence-electron chi connectivity index (χ4n) is 4.88. The van der Waals surface area contributed by atoms with Gasteiger partial charge in [-0.3, -0.25) is 9.80 Å². The van der Waals surface area contributed by atoms with E-state index in [4.69, 9.17) is 0 Å². The first-order valence-corrected chi connectivity index (χ1v) is 9.48. The third-order valence-corrected chi connectivity index (χ3v) is 6.07. The molecule has 3 nitrogen and oxygen atoms in total. The predicted octanol–water partition coefficient (Wildman–Crippen LogP) is 2.72. The molecule has 0 radical (unpaired) electrons. The Balaban J connectivity index is 1.53. The molecule has 0 amide bonds. The molecule has 1 N–H and O–H groups in total. The lowest BCUT2D eigenvalue weighted by Crippen LogP contribution is -2.57. The topological polar surface area (TPSA) is 18.5 Å². The summed E-state index contributed by atoms with van der Waals surface area (Å²) in [6.45, 7) is 11.4. The predicted molar refractivity (Wildman–Crippen MR) is 89.7 cm³/mol. The van der Waals surface area contributed by atoms with Crippen LogP contribution >= 0.6 is 0 Å². The van der Waals surface area contributed by atoms with E-state index in [-0.39, 0.29) is 0 Å². The van der Waals surface area contributed by atoms with Gasteiger partial charge in [0.2, 0.25) is 0 Å². The molecule has 0 spiro atoms. The van der Waals surface area contributed by atoms with Crippen molar-refractivity contribution in [2.75, 3.05) is 45.8 Å². The molecule has 3 fully saturated rings. The van der Waals surface area contributed by atoms with Crippen LogP contribution < -0.4 is 5.32 Å². The second-order valence-corrected chi connectivity index (χ2v) is 7.80. The Morgan fingerprint density at radius 2 is 1.90 bits per heavy atom. The molecule has 0 aromatic heterocycles. The molecular weight excluding hydrogens is 258 g/mol. The molecule has 0 aromatic rings. The Labute approximate surface area is 131 Å². The molecule has 2 heterocycles. The van der Waals surface area contributed by atoms with Gasteiger partial charge in [-0.05, 0) is 50.6 Å². The summed E-state index contributed by atoms with van der Waals surface area (Å²) in [6, 6.07) is 0.870. The summed E-state index contributed by atoms with van der Waals surface area (Å²) in [5, 5.41) is 3.73. The first-order chi connectivity index (χ1) is 10.3. The SMILES string of the molecule is CCCNCC1(CN2CCN3CCCCC3C2)CCCC1. The monoisotopic (exact) mass is 293 g/mol. The van der Waals surface area contributed by atoms with Gasteiger partial charge >= 0.3 is 0 Å². The number of hydrogen-bond acceptors (Lipinski definition) is 3. The first kappa shape index (κ1) is 15.8. The van der Waals surface area contributed by atoms with E-state index in [0.717, 1.165) is 6.04 Å². The maximum atomic E-state index is 3.73. The summed E-state index contributed by atoms with van der Waals surface area (Å²) in [6.07, 6.45) is 11.4. The molecule has 0 bridgehead atoms. The Morgan fingerprint density at radius 3 is 2.71 bits per heavy atom. The van der Waals surface area contributed by atoms with Gasteiger partial charge in [0.1, 0.15) is 0 Å². The minimum Gasteiger partial charge on any atom is -0.316 e. The largest absolute Gasteiger partial charge is 0.316 e. The van der Waals surface area contributed by atoms with Crippen molar-refractivity contribution in [2.45, 2.75) is 64.3 Å². The molecule has 2 saturated heterocycles. The molecule has 1 atom stereocenters. The number of nitrogens with zero attached hydrogens (tertiary/aromatic N) is 2. The fraction of sp³-hybridized carbons (Fsp3) is 1.00. The Hall–Kier alpha value is -0.120. The Morgan fingerprint density at radius 1 is 1.05 bits per heavy atom. The van der Waals surface area contributed by atoms with Crippen molar-refractivity contribution in [3.05, 3.63) is 0 Å². The van der Waals surface area contributed by atoms with Crippen molar-refractivity contribution < 1.29 is 0 Å². The lowest BCUT2D eigenvalue weighted by molar-refractivity contribution is 0.0264. The summed E-state index contributed by atoms with van der Waals surface area (Å²) in [5.74, 6) is 0. The normalized spacial score (nSPS) is 30.4. The molecule has 1 unspecified atom stereocenters. The summed E-state index contributed by atoms with van der Waals surface area (Å²) in [5.41, 5.74) is 0.589. The van der Waals surface area contributed by atoms with Crippen LogP contribution in [0.5, 0.6) is 0 Å². The number of nitrogens with one attached hydrogen (secondary N) is 1. The maximum Gasteiger partial charge on any atom is 0.0223 e. The van der Waals surface area contributed by atoms with E-state index in [1.54, 1.807) is 0 Å². The zero-order valence-corrected chi connectivity index (χ0v) is 14.1. The van der Waals surface area contributed by atoms with Crippen LogP contribution in [0.1, 0.15) is 58.3 Å².